The van der Waals surface area contributed by atoms with Gasteiger partial charge < -0.3 is 14.6 Å². The Morgan fingerprint density at radius 2 is 2.12 bits per heavy atom. The van der Waals surface area contributed by atoms with Crippen LogP contribution in [-0.2, 0) is 10.5 Å². The van der Waals surface area contributed by atoms with Crippen LogP contribution in [0.1, 0.15) is 5.56 Å². The lowest BCUT2D eigenvalue weighted by atomic mass is 10.2. The first-order valence-corrected chi connectivity index (χ1v) is 5.83. The molecule has 1 N–H and O–H groups in total. The summed E-state index contributed by atoms with van der Waals surface area (Å²) in [5.41, 5.74) is 0.938. The fourth-order valence-electron chi connectivity index (χ4n) is 1.24. The molecule has 0 fully saturated rings. The molecule has 0 radical (unpaired) electrons. The average Bonchev–Trinajstić information content (AvgIpc) is 2.28. The maximum Gasteiger partial charge on any atom is 0.313 e. The zero-order valence-corrected chi connectivity index (χ0v) is 10.0. The van der Waals surface area contributed by atoms with E-state index in [1.54, 1.807) is 14.2 Å². The second-order valence-electron chi connectivity index (χ2n) is 3.06. The molecular weight excluding hydrogens is 228 g/mol. The molecule has 0 amide bonds. The van der Waals surface area contributed by atoms with E-state index < -0.39 is 5.97 Å². The number of aliphatic carboxylic acids is 1. The molecule has 1 rings (SSSR count). The molecular formula is C11H14O4S. The standard InChI is InChI=1S/C11H14O4S/c1-14-9-3-4-10(15-2)8(5-9)6-16-7-11(12)13/h3-5H,6-7H2,1-2H3,(H,12,13). The van der Waals surface area contributed by atoms with Crippen LogP contribution in [0.25, 0.3) is 0 Å². The fourth-order valence-corrected chi connectivity index (χ4v) is 1.97. The average molecular weight is 242 g/mol. The van der Waals surface area contributed by atoms with Gasteiger partial charge in [-0.1, -0.05) is 0 Å². The van der Waals surface area contributed by atoms with E-state index in [0.29, 0.717) is 5.75 Å². The highest BCUT2D eigenvalue weighted by molar-refractivity contribution is 7.99. The van der Waals surface area contributed by atoms with Crippen molar-refractivity contribution < 1.29 is 19.4 Å². The number of methoxy groups -OCH3 is 2. The van der Waals surface area contributed by atoms with Crippen molar-refractivity contribution in [2.24, 2.45) is 0 Å². The van der Waals surface area contributed by atoms with Gasteiger partial charge >= 0.3 is 5.97 Å². The smallest absolute Gasteiger partial charge is 0.313 e. The van der Waals surface area contributed by atoms with Crippen molar-refractivity contribution in [3.05, 3.63) is 23.8 Å². The monoisotopic (exact) mass is 242 g/mol. The van der Waals surface area contributed by atoms with Gasteiger partial charge in [-0.2, -0.15) is 0 Å². The molecule has 0 unspecified atom stereocenters. The minimum atomic E-state index is -0.813. The van der Waals surface area contributed by atoms with E-state index in [0.717, 1.165) is 17.1 Å². The maximum atomic E-state index is 10.4. The SMILES string of the molecule is COc1ccc(OC)c(CSCC(=O)O)c1. The molecule has 0 atom stereocenters. The normalized spacial score (nSPS) is 9.88. The third-order valence-electron chi connectivity index (χ3n) is 1.97. The number of hydrogen-bond acceptors (Lipinski definition) is 4. The van der Waals surface area contributed by atoms with E-state index in [1.165, 1.54) is 11.8 Å². The highest BCUT2D eigenvalue weighted by Gasteiger charge is 2.06. The van der Waals surface area contributed by atoms with Gasteiger partial charge in [-0.3, -0.25) is 4.79 Å². The molecule has 0 heterocycles. The molecule has 0 aromatic heterocycles. The largest absolute Gasteiger partial charge is 0.497 e. The molecule has 0 aliphatic carbocycles. The Kier molecular flexibility index (Phi) is 4.98. The molecule has 0 bridgehead atoms. The Morgan fingerprint density at radius 1 is 1.38 bits per heavy atom. The van der Waals surface area contributed by atoms with Crippen molar-refractivity contribution in [3.8, 4) is 11.5 Å². The molecule has 1 aromatic carbocycles. The number of benzene rings is 1. The minimum Gasteiger partial charge on any atom is -0.497 e. The van der Waals surface area contributed by atoms with Crippen LogP contribution in [0.5, 0.6) is 11.5 Å². The van der Waals surface area contributed by atoms with Crippen LogP contribution in [0, 0.1) is 0 Å². The molecule has 0 aliphatic rings. The quantitative estimate of drug-likeness (QED) is 0.827. The van der Waals surface area contributed by atoms with Crippen LogP contribution in [-0.4, -0.2) is 31.0 Å². The molecule has 0 saturated heterocycles. The number of thioether (sulfide) groups is 1. The van der Waals surface area contributed by atoms with Gasteiger partial charge in [0.1, 0.15) is 11.5 Å². The summed E-state index contributed by atoms with van der Waals surface area (Å²) in [6.45, 7) is 0. The third-order valence-corrected chi connectivity index (χ3v) is 2.94. The van der Waals surface area contributed by atoms with Gasteiger partial charge in [-0.05, 0) is 18.2 Å². The predicted molar refractivity (Wildman–Crippen MR) is 63.3 cm³/mol. The van der Waals surface area contributed by atoms with Crippen molar-refractivity contribution in [2.45, 2.75) is 5.75 Å². The van der Waals surface area contributed by atoms with Crippen molar-refractivity contribution in [1.29, 1.82) is 0 Å². The van der Waals surface area contributed by atoms with Crippen LogP contribution < -0.4 is 9.47 Å². The van der Waals surface area contributed by atoms with Gasteiger partial charge in [0.25, 0.3) is 0 Å². The zero-order chi connectivity index (χ0) is 12.0. The van der Waals surface area contributed by atoms with Crippen molar-refractivity contribution in [2.75, 3.05) is 20.0 Å². The molecule has 0 saturated carbocycles. The summed E-state index contributed by atoms with van der Waals surface area (Å²) in [7, 11) is 3.18. The Morgan fingerprint density at radius 3 is 2.69 bits per heavy atom. The van der Waals surface area contributed by atoms with Crippen molar-refractivity contribution in [3.63, 3.8) is 0 Å². The molecule has 16 heavy (non-hydrogen) atoms. The maximum absolute atomic E-state index is 10.4. The lowest BCUT2D eigenvalue weighted by molar-refractivity contribution is -0.133. The van der Waals surface area contributed by atoms with Crippen LogP contribution in [0.4, 0.5) is 0 Å². The van der Waals surface area contributed by atoms with Gasteiger partial charge in [0.2, 0.25) is 0 Å². The van der Waals surface area contributed by atoms with E-state index in [1.807, 2.05) is 18.2 Å². The number of carboxylic acid groups (broad SMARTS) is 1. The molecule has 0 spiro atoms. The third kappa shape index (κ3) is 3.66. The Hall–Kier alpha value is -1.36. The minimum absolute atomic E-state index is 0.0837. The highest BCUT2D eigenvalue weighted by atomic mass is 32.2. The van der Waals surface area contributed by atoms with Crippen LogP contribution >= 0.6 is 11.8 Å². The lowest BCUT2D eigenvalue weighted by Gasteiger charge is -2.09. The predicted octanol–water partition coefficient (Wildman–Crippen LogP) is 2.02. The second-order valence-corrected chi connectivity index (χ2v) is 4.05. The fraction of sp³-hybridized carbons (Fsp3) is 0.364. The summed E-state index contributed by atoms with van der Waals surface area (Å²) in [6, 6.07) is 5.48. The summed E-state index contributed by atoms with van der Waals surface area (Å²) >= 11 is 1.33. The van der Waals surface area contributed by atoms with E-state index in [2.05, 4.69) is 0 Å². The van der Waals surface area contributed by atoms with Gasteiger partial charge in [0.15, 0.2) is 0 Å². The van der Waals surface area contributed by atoms with E-state index >= 15 is 0 Å². The number of carboxylic acids is 1. The summed E-state index contributed by atoms with van der Waals surface area (Å²) in [5.74, 6) is 1.35. The molecule has 0 aliphatic heterocycles. The van der Waals surface area contributed by atoms with Gasteiger partial charge in [-0.15, -0.1) is 11.8 Å². The Labute approximate surface area is 98.6 Å². The van der Waals surface area contributed by atoms with Crippen LogP contribution in [0.3, 0.4) is 0 Å². The summed E-state index contributed by atoms with van der Waals surface area (Å²) < 4.78 is 10.3. The van der Waals surface area contributed by atoms with Crippen molar-refractivity contribution in [1.82, 2.24) is 0 Å². The lowest BCUT2D eigenvalue weighted by Crippen LogP contribution is -1.99. The van der Waals surface area contributed by atoms with Gasteiger partial charge in [0, 0.05) is 11.3 Å². The molecule has 4 nitrogen and oxygen atoms in total. The van der Waals surface area contributed by atoms with Crippen molar-refractivity contribution >= 4 is 17.7 Å². The van der Waals surface area contributed by atoms with Crippen LogP contribution in [0.2, 0.25) is 0 Å². The first-order valence-electron chi connectivity index (χ1n) is 4.67. The number of carbonyl (C=O) groups is 1. The Bertz CT molecular complexity index is 365. The zero-order valence-electron chi connectivity index (χ0n) is 9.23. The van der Waals surface area contributed by atoms with Gasteiger partial charge in [0.05, 0.1) is 20.0 Å². The number of ether oxygens (including phenoxy) is 2. The molecule has 88 valence electrons. The van der Waals surface area contributed by atoms with Crippen LogP contribution in [0.15, 0.2) is 18.2 Å². The van der Waals surface area contributed by atoms with E-state index in [9.17, 15) is 4.79 Å². The van der Waals surface area contributed by atoms with E-state index in [4.69, 9.17) is 14.6 Å². The second kappa shape index (κ2) is 6.27. The topological polar surface area (TPSA) is 55.8 Å². The van der Waals surface area contributed by atoms with Gasteiger partial charge in [-0.25, -0.2) is 0 Å². The first kappa shape index (κ1) is 12.7. The molecule has 5 heteroatoms. The van der Waals surface area contributed by atoms with E-state index in [-0.39, 0.29) is 5.75 Å². The first-order chi connectivity index (χ1) is 7.67. The summed E-state index contributed by atoms with van der Waals surface area (Å²) in [5, 5.41) is 8.54. The summed E-state index contributed by atoms with van der Waals surface area (Å²) in [6.07, 6.45) is 0. The highest BCUT2D eigenvalue weighted by Crippen LogP contribution is 2.27. The molecule has 1 aromatic rings. The number of hydrogen-bond donors (Lipinski definition) is 1. The number of rotatable bonds is 6. The summed E-state index contributed by atoms with van der Waals surface area (Å²) in [4.78, 5) is 10.4. The Balaban J connectivity index is 2.71.